The molecule has 5 rings (SSSR count). The van der Waals surface area contributed by atoms with Crippen LogP contribution < -0.4 is 14.8 Å². The van der Waals surface area contributed by atoms with Gasteiger partial charge in [-0.1, -0.05) is 67.8 Å². The summed E-state index contributed by atoms with van der Waals surface area (Å²) in [6.07, 6.45) is 10.0. The molecule has 1 fully saturated rings. The Hall–Kier alpha value is -3.37. The van der Waals surface area contributed by atoms with E-state index < -0.39 is 0 Å². The lowest BCUT2D eigenvalue weighted by Crippen LogP contribution is -2.35. The molecular formula is C34H39NO3. The summed E-state index contributed by atoms with van der Waals surface area (Å²) < 4.78 is 11.5. The number of carbonyl (C=O) groups excluding carboxylic acids is 1. The molecule has 0 heterocycles. The first kappa shape index (κ1) is 26.2. The van der Waals surface area contributed by atoms with Crippen molar-refractivity contribution >= 4 is 17.1 Å². The number of aryl methyl sites for hydroxylation is 1. The second-order valence-corrected chi connectivity index (χ2v) is 10.7. The van der Waals surface area contributed by atoms with Crippen molar-refractivity contribution in [1.29, 1.82) is 0 Å². The lowest BCUT2D eigenvalue weighted by Gasteiger charge is -2.25. The number of rotatable bonds is 8. The minimum absolute atomic E-state index is 0.0281. The molecule has 3 aromatic carbocycles. The Kier molecular flexibility index (Phi) is 8.60. The molecule has 0 spiro atoms. The van der Waals surface area contributed by atoms with Crippen LogP contribution in [-0.4, -0.2) is 18.7 Å². The second-order valence-electron chi connectivity index (χ2n) is 10.7. The third kappa shape index (κ3) is 6.54. The molecule has 0 saturated heterocycles. The molecule has 1 N–H and O–H groups in total. The largest absolute Gasteiger partial charge is 0.476 e. The first-order chi connectivity index (χ1) is 18.6. The van der Waals surface area contributed by atoms with Crippen molar-refractivity contribution in [3.63, 3.8) is 0 Å². The quantitative estimate of drug-likeness (QED) is 0.191. The van der Waals surface area contributed by atoms with E-state index in [4.69, 9.17) is 9.47 Å². The first-order valence-electron chi connectivity index (χ1n) is 14.2. The number of allylic oxidation sites excluding steroid dienone is 1. The van der Waals surface area contributed by atoms with Crippen LogP contribution in [0, 0.1) is 5.92 Å². The lowest BCUT2D eigenvalue weighted by molar-refractivity contribution is -0.131. The Bertz CT molecular complexity index is 1250. The molecule has 0 bridgehead atoms. The molecule has 2 aliphatic rings. The molecule has 4 nitrogen and oxygen atoms in total. The van der Waals surface area contributed by atoms with Crippen LogP contribution in [0.5, 0.6) is 11.5 Å². The van der Waals surface area contributed by atoms with E-state index in [1.54, 1.807) is 0 Å². The van der Waals surface area contributed by atoms with E-state index in [0.717, 1.165) is 48.6 Å². The number of esters is 1. The van der Waals surface area contributed by atoms with Gasteiger partial charge in [-0.05, 0) is 103 Å². The molecule has 1 unspecified atom stereocenters. The summed E-state index contributed by atoms with van der Waals surface area (Å²) in [6, 6.07) is 25.1. The van der Waals surface area contributed by atoms with E-state index in [0.29, 0.717) is 5.75 Å². The van der Waals surface area contributed by atoms with Gasteiger partial charge in [0.05, 0.1) is 0 Å². The molecule has 1 saturated carbocycles. The van der Waals surface area contributed by atoms with Gasteiger partial charge in [-0.15, -0.1) is 0 Å². The summed E-state index contributed by atoms with van der Waals surface area (Å²) in [7, 11) is 0. The monoisotopic (exact) mass is 509 g/mol. The van der Waals surface area contributed by atoms with Crippen molar-refractivity contribution in [3.8, 4) is 11.5 Å². The van der Waals surface area contributed by atoms with Crippen LogP contribution in [0.4, 0.5) is 0 Å². The van der Waals surface area contributed by atoms with Gasteiger partial charge >= 0.3 is 5.97 Å². The molecular weight excluding hydrogens is 470 g/mol. The van der Waals surface area contributed by atoms with E-state index in [1.807, 2.05) is 12.1 Å². The maximum absolute atomic E-state index is 11.4. The van der Waals surface area contributed by atoms with E-state index in [1.165, 1.54) is 61.3 Å². The normalized spacial score (nSPS) is 17.8. The summed E-state index contributed by atoms with van der Waals surface area (Å²) in [5.41, 5.74) is 7.60. The van der Waals surface area contributed by atoms with Gasteiger partial charge in [0, 0.05) is 13.5 Å². The number of nitrogens with one attached hydrogen (secondary N) is 1. The van der Waals surface area contributed by atoms with Crippen molar-refractivity contribution < 1.29 is 14.3 Å². The summed E-state index contributed by atoms with van der Waals surface area (Å²) in [4.78, 5) is 11.4. The molecule has 1 atom stereocenters. The molecule has 0 aromatic heterocycles. The Morgan fingerprint density at radius 2 is 1.50 bits per heavy atom. The van der Waals surface area contributed by atoms with Gasteiger partial charge in [-0.3, -0.25) is 10.1 Å². The smallest absolute Gasteiger partial charge is 0.308 e. The zero-order valence-electron chi connectivity index (χ0n) is 22.7. The van der Waals surface area contributed by atoms with Gasteiger partial charge in [-0.2, -0.15) is 0 Å². The topological polar surface area (TPSA) is 47.6 Å². The highest BCUT2D eigenvalue weighted by atomic mass is 16.5. The van der Waals surface area contributed by atoms with Crippen molar-refractivity contribution in [2.75, 3.05) is 6.54 Å². The highest BCUT2D eigenvalue weighted by molar-refractivity contribution is 5.99. The number of ether oxygens (including phenoxy) is 2. The third-order valence-corrected chi connectivity index (χ3v) is 7.80. The van der Waals surface area contributed by atoms with Crippen molar-refractivity contribution in [3.05, 3.63) is 95.1 Å². The van der Waals surface area contributed by atoms with Crippen LogP contribution in [0.15, 0.2) is 72.8 Å². The maximum Gasteiger partial charge on any atom is 0.308 e. The van der Waals surface area contributed by atoms with Gasteiger partial charge in [-0.25, -0.2) is 0 Å². The van der Waals surface area contributed by atoms with Gasteiger partial charge < -0.3 is 9.47 Å². The summed E-state index contributed by atoms with van der Waals surface area (Å²) in [6.45, 7) is 4.54. The van der Waals surface area contributed by atoms with Gasteiger partial charge in [0.15, 0.2) is 0 Å². The minimum Gasteiger partial charge on any atom is -0.476 e. The highest BCUT2D eigenvalue weighted by Crippen LogP contribution is 2.40. The summed E-state index contributed by atoms with van der Waals surface area (Å²) in [5, 5.41) is 3.58. The zero-order valence-corrected chi connectivity index (χ0v) is 22.7. The summed E-state index contributed by atoms with van der Waals surface area (Å²) >= 11 is 0. The van der Waals surface area contributed by atoms with Crippen LogP contribution in [0.3, 0.4) is 0 Å². The Balaban J connectivity index is 1.40. The van der Waals surface area contributed by atoms with Crippen LogP contribution in [-0.2, 0) is 11.2 Å². The number of benzene rings is 3. The maximum atomic E-state index is 11.4. The molecule has 0 radical (unpaired) electrons. The summed E-state index contributed by atoms with van der Waals surface area (Å²) in [5.74, 6) is 1.90. The Labute approximate surface area is 227 Å². The first-order valence-corrected chi connectivity index (χ1v) is 14.2. The van der Waals surface area contributed by atoms with E-state index in [-0.39, 0.29) is 12.2 Å². The molecule has 38 heavy (non-hydrogen) atoms. The molecule has 0 aliphatic heterocycles. The third-order valence-electron chi connectivity index (χ3n) is 7.80. The van der Waals surface area contributed by atoms with Crippen LogP contribution in [0.1, 0.15) is 81.0 Å². The zero-order chi connectivity index (χ0) is 26.3. The highest BCUT2D eigenvalue weighted by Gasteiger charge is 2.20. The van der Waals surface area contributed by atoms with E-state index in [2.05, 4.69) is 72.9 Å². The molecule has 2 aliphatic carbocycles. The fourth-order valence-electron chi connectivity index (χ4n) is 5.92. The predicted molar refractivity (Wildman–Crippen MR) is 154 cm³/mol. The van der Waals surface area contributed by atoms with Crippen molar-refractivity contribution in [2.45, 2.75) is 71.4 Å². The molecule has 0 amide bonds. The van der Waals surface area contributed by atoms with E-state index in [9.17, 15) is 4.79 Å². The lowest BCUT2D eigenvalue weighted by atomic mass is 9.81. The number of fused-ring (bicyclic) bond motifs is 1. The Morgan fingerprint density at radius 3 is 2.18 bits per heavy atom. The Morgan fingerprint density at radius 1 is 0.842 bits per heavy atom. The number of hydrogen-bond acceptors (Lipinski definition) is 4. The molecule has 4 heteroatoms. The van der Waals surface area contributed by atoms with Crippen LogP contribution in [0.25, 0.3) is 11.1 Å². The molecule has 3 aromatic rings. The SMILES string of the molecule is CC(=O)Oc1ccc(C(=C2CCCc3ccccc32)c2ccc(OC(C)NCC3CCCCC3)cc2)cc1. The predicted octanol–water partition coefficient (Wildman–Crippen LogP) is 7.80. The average Bonchev–Trinajstić information content (AvgIpc) is 2.94. The number of carbonyl (C=O) groups is 1. The van der Waals surface area contributed by atoms with Gasteiger partial charge in [0.1, 0.15) is 17.7 Å². The van der Waals surface area contributed by atoms with Gasteiger partial charge in [0.2, 0.25) is 0 Å². The van der Waals surface area contributed by atoms with Crippen LogP contribution in [0.2, 0.25) is 0 Å². The van der Waals surface area contributed by atoms with Gasteiger partial charge in [0.25, 0.3) is 0 Å². The van der Waals surface area contributed by atoms with Crippen molar-refractivity contribution in [1.82, 2.24) is 5.32 Å². The molecule has 198 valence electrons. The standard InChI is InChI=1S/C34H39NO3/c1-24(35-23-26-9-4-3-5-10-26)37-30-19-15-28(16-20-30)34(29-17-21-31(22-18-29)38-25(2)36)33-14-8-12-27-11-6-7-13-32(27)33/h6-7,11,13,15-22,24,26,35H,3-5,8-10,12,14,23H2,1-2H3. The van der Waals surface area contributed by atoms with Crippen LogP contribution >= 0.6 is 0 Å². The van der Waals surface area contributed by atoms with E-state index >= 15 is 0 Å². The average molecular weight is 510 g/mol. The second kappa shape index (κ2) is 12.4. The fraction of sp³-hybridized carbons (Fsp3) is 0.382. The fourth-order valence-corrected chi connectivity index (χ4v) is 5.92. The van der Waals surface area contributed by atoms with Crippen molar-refractivity contribution in [2.24, 2.45) is 5.92 Å². The minimum atomic E-state index is -0.310. The number of hydrogen-bond donors (Lipinski definition) is 1.